The van der Waals surface area contributed by atoms with Gasteiger partial charge in [-0.15, -0.1) is 0 Å². The smallest absolute Gasteiger partial charge is 0.389 e. The van der Waals surface area contributed by atoms with E-state index in [0.717, 1.165) is 19.2 Å². The molecule has 1 N–H and O–H groups in total. The molecule has 7 nitrogen and oxygen atoms in total. The summed E-state index contributed by atoms with van der Waals surface area (Å²) in [5.74, 6) is -3.09. The van der Waals surface area contributed by atoms with Gasteiger partial charge in [0.25, 0.3) is 5.91 Å². The van der Waals surface area contributed by atoms with Gasteiger partial charge in [-0.3, -0.25) is 9.20 Å². The number of pyridine rings is 1. The number of ether oxygens (including phenoxy) is 2. The number of alkyl halides is 3. The molecule has 2 heterocycles. The van der Waals surface area contributed by atoms with E-state index in [1.54, 1.807) is 0 Å². The molecule has 0 aliphatic heterocycles. The van der Waals surface area contributed by atoms with Crippen LogP contribution in [0.1, 0.15) is 41.0 Å². The Bertz CT molecular complexity index is 1210. The molecule has 1 atom stereocenters. The number of esters is 1. The molecule has 0 saturated carbocycles. The Hall–Kier alpha value is -3.70. The molecule has 1 aromatic carbocycles. The zero-order valence-electron chi connectivity index (χ0n) is 18.8. The van der Waals surface area contributed by atoms with Crippen molar-refractivity contribution in [3.05, 3.63) is 65.1 Å². The van der Waals surface area contributed by atoms with Crippen LogP contribution in [0.3, 0.4) is 0 Å². The molecular weight excluding hydrogens is 477 g/mol. The highest BCUT2D eigenvalue weighted by Gasteiger charge is 2.30. The van der Waals surface area contributed by atoms with Crippen LogP contribution in [0.2, 0.25) is 0 Å². The van der Waals surface area contributed by atoms with Crippen molar-refractivity contribution in [1.82, 2.24) is 14.7 Å². The number of fused-ring (bicyclic) bond motifs is 1. The van der Waals surface area contributed by atoms with Crippen LogP contribution in [0.5, 0.6) is 5.75 Å². The highest BCUT2D eigenvalue weighted by molar-refractivity contribution is 5.97. The average Bonchev–Trinajstić information content (AvgIpc) is 3.13. The lowest BCUT2D eigenvalue weighted by Gasteiger charge is -2.17. The van der Waals surface area contributed by atoms with E-state index in [-0.39, 0.29) is 41.2 Å². The van der Waals surface area contributed by atoms with Crippen LogP contribution in [0.25, 0.3) is 5.65 Å². The number of halogens is 5. The fourth-order valence-corrected chi connectivity index (χ4v) is 3.49. The van der Waals surface area contributed by atoms with E-state index in [1.165, 1.54) is 35.7 Å². The number of aryl methyl sites for hydroxylation is 1. The monoisotopic (exact) mass is 499 g/mol. The second-order valence-corrected chi connectivity index (χ2v) is 7.66. The van der Waals surface area contributed by atoms with Crippen LogP contribution < -0.4 is 10.1 Å². The highest BCUT2D eigenvalue weighted by Crippen LogP contribution is 2.25. The molecule has 0 radical (unpaired) electrons. The van der Waals surface area contributed by atoms with E-state index >= 15 is 0 Å². The van der Waals surface area contributed by atoms with Gasteiger partial charge in [-0.05, 0) is 44.0 Å². The molecule has 2 aromatic heterocycles. The molecule has 188 valence electrons. The van der Waals surface area contributed by atoms with Crippen molar-refractivity contribution < 1.29 is 41.0 Å². The molecule has 1 unspecified atom stereocenters. The molecule has 0 aliphatic rings. The van der Waals surface area contributed by atoms with Gasteiger partial charge in [-0.25, -0.2) is 18.6 Å². The number of benzene rings is 1. The number of aromatic nitrogens is 2. The van der Waals surface area contributed by atoms with Crippen LogP contribution in [-0.4, -0.2) is 40.6 Å². The van der Waals surface area contributed by atoms with Gasteiger partial charge in [0, 0.05) is 12.6 Å². The Kier molecular flexibility index (Phi) is 7.92. The molecule has 0 saturated heterocycles. The second kappa shape index (κ2) is 10.7. The predicted octanol–water partition coefficient (Wildman–Crippen LogP) is 4.50. The zero-order valence-corrected chi connectivity index (χ0v) is 18.8. The highest BCUT2D eigenvalue weighted by atomic mass is 19.4. The first kappa shape index (κ1) is 25.9. The Labute approximate surface area is 196 Å². The maximum absolute atomic E-state index is 13.9. The maximum atomic E-state index is 13.9. The molecule has 0 fully saturated rings. The molecular formula is C23H22F5N3O4. The van der Waals surface area contributed by atoms with Crippen LogP contribution in [0.15, 0.2) is 36.5 Å². The van der Waals surface area contributed by atoms with Crippen LogP contribution in [0, 0.1) is 18.6 Å². The molecule has 0 bridgehead atoms. The number of imidazole rings is 1. The predicted molar refractivity (Wildman–Crippen MR) is 114 cm³/mol. The van der Waals surface area contributed by atoms with Gasteiger partial charge >= 0.3 is 12.1 Å². The average molecular weight is 499 g/mol. The summed E-state index contributed by atoms with van der Waals surface area (Å²) in [7, 11) is 1.06. The van der Waals surface area contributed by atoms with Gasteiger partial charge in [0.05, 0.1) is 18.4 Å². The van der Waals surface area contributed by atoms with E-state index in [2.05, 4.69) is 15.0 Å². The molecule has 0 aliphatic carbocycles. The van der Waals surface area contributed by atoms with Crippen molar-refractivity contribution in [2.45, 2.75) is 45.0 Å². The lowest BCUT2D eigenvalue weighted by Crippen LogP contribution is -2.42. The Morgan fingerprint density at radius 2 is 1.83 bits per heavy atom. The fourth-order valence-electron chi connectivity index (χ4n) is 3.49. The topological polar surface area (TPSA) is 81.9 Å². The molecule has 1 amide bonds. The number of nitrogens with zero attached hydrogens (tertiary/aromatic N) is 2. The van der Waals surface area contributed by atoms with Crippen LogP contribution >= 0.6 is 0 Å². The molecule has 3 aromatic rings. The third kappa shape index (κ3) is 6.25. The molecule has 0 spiro atoms. The van der Waals surface area contributed by atoms with Crippen molar-refractivity contribution in [1.29, 1.82) is 0 Å². The first-order valence-corrected chi connectivity index (χ1v) is 10.5. The minimum atomic E-state index is -4.40. The number of amides is 1. The van der Waals surface area contributed by atoms with Crippen LogP contribution in [-0.2, 0) is 16.1 Å². The summed E-state index contributed by atoms with van der Waals surface area (Å²) < 4.78 is 76.8. The quantitative estimate of drug-likeness (QED) is 0.346. The zero-order chi connectivity index (χ0) is 25.8. The Morgan fingerprint density at radius 1 is 1.14 bits per heavy atom. The summed E-state index contributed by atoms with van der Waals surface area (Å²) >= 11 is 0. The van der Waals surface area contributed by atoms with E-state index in [1.807, 2.05) is 0 Å². The Morgan fingerprint density at radius 3 is 2.46 bits per heavy atom. The molecule has 35 heavy (non-hydrogen) atoms. The number of rotatable bonds is 9. The SMILES string of the molecule is COC(=O)C(CCCC(F)(F)F)NC(=O)c1c(C)nc2c(OCc3c(F)cccc3F)cccn12. The molecule has 12 heteroatoms. The standard InChI is InChI=1S/C23H22F5N3O4/c1-13-19(21(32)30-17(22(33)34-2)8-4-10-23(26,27)28)31-11-5-9-18(20(31)29-13)35-12-14-15(24)6-3-7-16(14)25/h3,5-7,9,11,17H,4,8,10,12H2,1-2H3,(H,30,32). The van der Waals surface area contributed by atoms with Crippen molar-refractivity contribution in [2.24, 2.45) is 0 Å². The van der Waals surface area contributed by atoms with Crippen molar-refractivity contribution in [2.75, 3.05) is 7.11 Å². The lowest BCUT2D eigenvalue weighted by atomic mass is 10.1. The normalized spacial score (nSPS) is 12.4. The second-order valence-electron chi connectivity index (χ2n) is 7.66. The number of carbonyl (C=O) groups excluding carboxylic acids is 2. The first-order chi connectivity index (χ1) is 16.5. The van der Waals surface area contributed by atoms with Gasteiger partial charge in [-0.2, -0.15) is 13.2 Å². The summed E-state index contributed by atoms with van der Waals surface area (Å²) in [6, 6.07) is 5.12. The number of hydrogen-bond donors (Lipinski definition) is 1. The summed E-state index contributed by atoms with van der Waals surface area (Å²) in [6.07, 6.45) is -4.70. The van der Waals surface area contributed by atoms with Crippen molar-refractivity contribution in [3.63, 3.8) is 0 Å². The largest absolute Gasteiger partial charge is 0.485 e. The summed E-state index contributed by atoms with van der Waals surface area (Å²) in [5, 5.41) is 2.40. The number of methoxy groups -OCH3 is 1. The van der Waals surface area contributed by atoms with Gasteiger partial charge < -0.3 is 14.8 Å². The lowest BCUT2D eigenvalue weighted by molar-refractivity contribution is -0.145. The number of hydrogen-bond acceptors (Lipinski definition) is 5. The minimum absolute atomic E-state index is 0.00671. The van der Waals surface area contributed by atoms with Crippen LogP contribution in [0.4, 0.5) is 22.0 Å². The van der Waals surface area contributed by atoms with E-state index in [4.69, 9.17) is 4.74 Å². The van der Waals surface area contributed by atoms with Gasteiger partial charge in [0.2, 0.25) is 0 Å². The van der Waals surface area contributed by atoms with Gasteiger partial charge in [0.1, 0.15) is 30.0 Å². The fraction of sp³-hybridized carbons (Fsp3) is 0.348. The van der Waals surface area contributed by atoms with Crippen molar-refractivity contribution >= 4 is 17.5 Å². The van der Waals surface area contributed by atoms with Gasteiger partial charge in [0.15, 0.2) is 11.4 Å². The third-order valence-corrected chi connectivity index (χ3v) is 5.18. The van der Waals surface area contributed by atoms with Crippen molar-refractivity contribution in [3.8, 4) is 5.75 Å². The van der Waals surface area contributed by atoms with E-state index in [0.29, 0.717) is 0 Å². The van der Waals surface area contributed by atoms with E-state index < -0.39 is 48.8 Å². The Balaban J connectivity index is 1.82. The number of nitrogens with one attached hydrogen (secondary N) is 1. The maximum Gasteiger partial charge on any atom is 0.389 e. The first-order valence-electron chi connectivity index (χ1n) is 10.5. The number of carbonyl (C=O) groups is 2. The summed E-state index contributed by atoms with van der Waals surface area (Å²) in [5.41, 5.74) is 0.121. The van der Waals surface area contributed by atoms with Gasteiger partial charge in [-0.1, -0.05) is 6.07 Å². The van der Waals surface area contributed by atoms with E-state index in [9.17, 15) is 31.5 Å². The third-order valence-electron chi connectivity index (χ3n) is 5.18. The summed E-state index contributed by atoms with van der Waals surface area (Å²) in [4.78, 5) is 29.3. The minimum Gasteiger partial charge on any atom is -0.485 e. The summed E-state index contributed by atoms with van der Waals surface area (Å²) in [6.45, 7) is 1.08. The molecule has 3 rings (SSSR count).